The molecule has 0 fully saturated rings. The first-order chi connectivity index (χ1) is 14.6. The molecule has 0 saturated carbocycles. The number of H-pyrrole nitrogens is 1. The van der Waals surface area contributed by atoms with Gasteiger partial charge in [0.05, 0.1) is 17.8 Å². The van der Waals surface area contributed by atoms with E-state index in [1.165, 1.54) is 5.56 Å². The van der Waals surface area contributed by atoms with Gasteiger partial charge in [0.2, 0.25) is 0 Å². The molecule has 0 spiro atoms. The van der Waals surface area contributed by atoms with Gasteiger partial charge in [0.25, 0.3) is 10.1 Å². The first kappa shape index (κ1) is 23.7. The molecule has 3 rings (SSSR count). The number of fused-ring (bicyclic) bond motifs is 1. The van der Waals surface area contributed by atoms with Gasteiger partial charge in [-0.3, -0.25) is 4.18 Å². The van der Waals surface area contributed by atoms with Crippen molar-refractivity contribution >= 4 is 37.1 Å². The van der Waals surface area contributed by atoms with Gasteiger partial charge in [-0.15, -0.1) is 0 Å². The summed E-state index contributed by atoms with van der Waals surface area (Å²) in [7, 11) is -0.568. The van der Waals surface area contributed by atoms with Gasteiger partial charge in [-0.1, -0.05) is 38.1 Å². The second-order valence-corrected chi connectivity index (χ2v) is 10.0. The molecular formula is C22H27BrN2O5S. The summed E-state index contributed by atoms with van der Waals surface area (Å²) >= 11 is 3.61. The van der Waals surface area contributed by atoms with E-state index in [1.807, 2.05) is 12.1 Å². The number of nitrogens with zero attached hydrogens (tertiary/aromatic N) is 1. The molecule has 3 aromatic rings. The Hall–Kier alpha value is -1.94. The van der Waals surface area contributed by atoms with E-state index >= 15 is 0 Å². The molecule has 9 heteroatoms. The van der Waals surface area contributed by atoms with Gasteiger partial charge in [-0.05, 0) is 33.5 Å². The normalized spacial score (nSPS) is 13.1. The highest BCUT2D eigenvalue weighted by atomic mass is 79.9. The molecule has 0 amide bonds. The van der Waals surface area contributed by atoms with Crippen LogP contribution in [0, 0.1) is 0 Å². The predicted octanol–water partition coefficient (Wildman–Crippen LogP) is 5.18. The van der Waals surface area contributed by atoms with Crippen molar-refractivity contribution in [2.45, 2.75) is 32.3 Å². The summed E-state index contributed by atoms with van der Waals surface area (Å²) in [6.07, 6.45) is 0.641. The highest BCUT2D eigenvalue weighted by Crippen LogP contribution is 2.40. The van der Waals surface area contributed by atoms with Crippen LogP contribution in [0.25, 0.3) is 22.4 Å². The summed E-state index contributed by atoms with van der Waals surface area (Å²) in [5.74, 6) is 1.68. The van der Waals surface area contributed by atoms with Crippen LogP contribution < -0.4 is 4.74 Å². The number of imidazole rings is 1. The quantitative estimate of drug-likeness (QED) is 0.399. The highest BCUT2D eigenvalue weighted by molar-refractivity contribution is 9.10. The Morgan fingerprint density at radius 2 is 1.84 bits per heavy atom. The zero-order valence-electron chi connectivity index (χ0n) is 18.2. The third-order valence-corrected chi connectivity index (χ3v) is 6.41. The van der Waals surface area contributed by atoms with Crippen LogP contribution in [0.5, 0.6) is 5.75 Å². The number of benzene rings is 2. The molecule has 168 valence electrons. The third-order valence-electron chi connectivity index (χ3n) is 4.99. The first-order valence-corrected chi connectivity index (χ1v) is 12.5. The van der Waals surface area contributed by atoms with Gasteiger partial charge in [0.15, 0.2) is 0 Å². The molecule has 1 atom stereocenters. The van der Waals surface area contributed by atoms with Gasteiger partial charge in [0, 0.05) is 31.3 Å². The van der Waals surface area contributed by atoms with Gasteiger partial charge < -0.3 is 14.5 Å². The van der Waals surface area contributed by atoms with Crippen molar-refractivity contribution in [3.8, 4) is 17.1 Å². The smallest absolute Gasteiger partial charge is 0.264 e. The first-order valence-electron chi connectivity index (χ1n) is 9.88. The Kier molecular flexibility index (Phi) is 7.41. The van der Waals surface area contributed by atoms with Crippen molar-refractivity contribution in [3.05, 3.63) is 45.9 Å². The van der Waals surface area contributed by atoms with E-state index in [4.69, 9.17) is 18.6 Å². The van der Waals surface area contributed by atoms with Gasteiger partial charge in [0.1, 0.15) is 28.7 Å². The molecule has 2 aromatic carbocycles. The van der Waals surface area contributed by atoms with Crippen molar-refractivity contribution < 1.29 is 22.1 Å². The van der Waals surface area contributed by atoms with E-state index in [1.54, 1.807) is 20.3 Å². The van der Waals surface area contributed by atoms with Gasteiger partial charge >= 0.3 is 0 Å². The maximum absolute atomic E-state index is 11.8. The number of rotatable bonds is 9. The van der Waals surface area contributed by atoms with E-state index in [0.29, 0.717) is 51.6 Å². The lowest BCUT2D eigenvalue weighted by Gasteiger charge is -2.19. The fourth-order valence-electron chi connectivity index (χ4n) is 3.37. The molecule has 0 aliphatic carbocycles. The molecule has 1 unspecified atom stereocenters. The number of methoxy groups -OCH3 is 2. The van der Waals surface area contributed by atoms with Crippen molar-refractivity contribution in [2.24, 2.45) is 0 Å². The Bertz CT molecular complexity index is 1160. The van der Waals surface area contributed by atoms with Crippen molar-refractivity contribution in [2.75, 3.05) is 27.1 Å². The second-order valence-electron chi connectivity index (χ2n) is 7.64. The number of aromatic nitrogens is 2. The summed E-state index contributed by atoms with van der Waals surface area (Å²) in [5, 5.41) is 0. The van der Waals surface area contributed by atoms with E-state index in [2.05, 4.69) is 46.9 Å². The Morgan fingerprint density at radius 1 is 1.16 bits per heavy atom. The zero-order chi connectivity index (χ0) is 22.8. The number of hydrogen-bond donors (Lipinski definition) is 1. The van der Waals surface area contributed by atoms with E-state index in [0.717, 1.165) is 11.8 Å². The largest absolute Gasteiger partial charge is 0.494 e. The lowest BCUT2D eigenvalue weighted by Crippen LogP contribution is -2.13. The standard InChI is InChI=1S/C22H27BrN2O5S/c1-13(2)14-6-8-15(9-7-14)22-24-20-18(29-4)12-16(19(23)21(20)25-22)17(10-11-28-3)30-31(5,26)27/h6-9,12-13,17H,10-11H2,1-5H3,(H,24,25). The molecule has 1 aromatic heterocycles. The molecule has 1 N–H and O–H groups in total. The molecule has 0 radical (unpaired) electrons. The minimum atomic E-state index is -3.69. The lowest BCUT2D eigenvalue weighted by atomic mass is 10.0. The van der Waals surface area contributed by atoms with Crippen LogP contribution in [-0.2, 0) is 19.0 Å². The monoisotopic (exact) mass is 510 g/mol. The molecule has 0 aliphatic heterocycles. The SMILES string of the molecule is COCCC(OS(C)(=O)=O)c1cc(OC)c2[nH]c(-c3ccc(C(C)C)cc3)nc2c1Br. The van der Waals surface area contributed by atoms with Crippen LogP contribution in [0.15, 0.2) is 34.8 Å². The van der Waals surface area contributed by atoms with E-state index in [-0.39, 0.29) is 0 Å². The molecule has 0 saturated heterocycles. The molecule has 0 bridgehead atoms. The van der Waals surface area contributed by atoms with E-state index < -0.39 is 16.2 Å². The summed E-state index contributed by atoms with van der Waals surface area (Å²) in [6, 6.07) is 10.0. The second kappa shape index (κ2) is 9.68. The summed E-state index contributed by atoms with van der Waals surface area (Å²) in [5.41, 5.74) is 4.17. The number of hydrogen-bond acceptors (Lipinski definition) is 6. The summed E-state index contributed by atoms with van der Waals surface area (Å²) in [4.78, 5) is 8.10. The van der Waals surface area contributed by atoms with Crippen LogP contribution >= 0.6 is 15.9 Å². The molecular weight excluding hydrogens is 484 g/mol. The number of aromatic amines is 1. The molecule has 31 heavy (non-hydrogen) atoms. The van der Waals surface area contributed by atoms with Crippen LogP contribution in [0.1, 0.15) is 43.4 Å². The molecule has 1 heterocycles. The Balaban J connectivity index is 2.11. The van der Waals surface area contributed by atoms with Crippen LogP contribution in [0.3, 0.4) is 0 Å². The van der Waals surface area contributed by atoms with Crippen molar-refractivity contribution in [1.82, 2.24) is 9.97 Å². The minimum absolute atomic E-state index is 0.334. The number of nitrogens with one attached hydrogen (secondary N) is 1. The molecule has 7 nitrogen and oxygen atoms in total. The fourth-order valence-corrected chi connectivity index (χ4v) is 4.65. The Labute approximate surface area is 191 Å². The average molecular weight is 511 g/mol. The van der Waals surface area contributed by atoms with Gasteiger partial charge in [-0.25, -0.2) is 4.98 Å². The Morgan fingerprint density at radius 3 is 2.39 bits per heavy atom. The summed E-state index contributed by atoms with van der Waals surface area (Å²) < 4.78 is 40.4. The topological polar surface area (TPSA) is 90.5 Å². The van der Waals surface area contributed by atoms with Crippen molar-refractivity contribution in [3.63, 3.8) is 0 Å². The van der Waals surface area contributed by atoms with Crippen molar-refractivity contribution in [1.29, 1.82) is 0 Å². The maximum Gasteiger partial charge on any atom is 0.264 e. The zero-order valence-corrected chi connectivity index (χ0v) is 20.6. The van der Waals surface area contributed by atoms with Crippen LogP contribution in [0.2, 0.25) is 0 Å². The van der Waals surface area contributed by atoms with Crippen LogP contribution in [0.4, 0.5) is 0 Å². The lowest BCUT2D eigenvalue weighted by molar-refractivity contribution is 0.130. The maximum atomic E-state index is 11.8. The number of ether oxygens (including phenoxy) is 2. The third kappa shape index (κ3) is 5.46. The minimum Gasteiger partial charge on any atom is -0.494 e. The summed E-state index contributed by atoms with van der Waals surface area (Å²) in [6.45, 7) is 4.64. The fraction of sp³-hybridized carbons (Fsp3) is 0.409. The average Bonchev–Trinajstić information content (AvgIpc) is 3.17. The molecule has 0 aliphatic rings. The van der Waals surface area contributed by atoms with Crippen LogP contribution in [-0.4, -0.2) is 45.5 Å². The van der Waals surface area contributed by atoms with Gasteiger partial charge in [-0.2, -0.15) is 8.42 Å². The predicted molar refractivity (Wildman–Crippen MR) is 125 cm³/mol. The highest BCUT2D eigenvalue weighted by Gasteiger charge is 2.25. The number of halogens is 1. The van der Waals surface area contributed by atoms with E-state index in [9.17, 15) is 8.42 Å².